The fourth-order valence-electron chi connectivity index (χ4n) is 2.61. The molecule has 0 bridgehead atoms. The van der Waals surface area contributed by atoms with Gasteiger partial charge in [-0.2, -0.15) is 0 Å². The van der Waals surface area contributed by atoms with Crippen molar-refractivity contribution in [3.8, 4) is 0 Å². The Bertz CT molecular complexity index is 713. The van der Waals surface area contributed by atoms with Crippen LogP contribution in [0, 0.1) is 6.92 Å². The van der Waals surface area contributed by atoms with E-state index in [0.29, 0.717) is 11.5 Å². The summed E-state index contributed by atoms with van der Waals surface area (Å²) in [6, 6.07) is 5.85. The van der Waals surface area contributed by atoms with Crippen LogP contribution in [0.1, 0.15) is 47.8 Å². The van der Waals surface area contributed by atoms with Crippen molar-refractivity contribution in [1.29, 1.82) is 0 Å². The van der Waals surface area contributed by atoms with Crippen LogP contribution in [-0.2, 0) is 11.3 Å². The molecule has 0 amide bonds. The number of aromatic nitrogens is 1. The highest BCUT2D eigenvalue weighted by Crippen LogP contribution is 2.29. The number of rotatable bonds is 5. The highest BCUT2D eigenvalue weighted by Gasteiger charge is 2.20. The number of fused-ring (bicyclic) bond motifs is 1. The van der Waals surface area contributed by atoms with E-state index in [-0.39, 0.29) is 18.7 Å². The molecule has 2 N–H and O–H groups in total. The highest BCUT2D eigenvalue weighted by molar-refractivity contribution is 5.98. The van der Waals surface area contributed by atoms with Gasteiger partial charge in [0.1, 0.15) is 5.69 Å². The number of carboxylic acid groups (broad SMARTS) is 2. The van der Waals surface area contributed by atoms with E-state index in [1.54, 1.807) is 11.5 Å². The van der Waals surface area contributed by atoms with Gasteiger partial charge in [-0.25, -0.2) is 4.79 Å². The molecule has 0 aliphatic carbocycles. The second kappa shape index (κ2) is 5.60. The molecular weight excluding hydrogens is 270 g/mol. The summed E-state index contributed by atoms with van der Waals surface area (Å²) in [6.45, 7) is 6.08. The lowest BCUT2D eigenvalue weighted by Crippen LogP contribution is -2.12. The Labute approximate surface area is 122 Å². The average molecular weight is 289 g/mol. The van der Waals surface area contributed by atoms with Gasteiger partial charge in [-0.3, -0.25) is 4.79 Å². The molecule has 0 aliphatic rings. The van der Waals surface area contributed by atoms with Crippen LogP contribution in [0.5, 0.6) is 0 Å². The molecule has 5 nitrogen and oxygen atoms in total. The number of benzene rings is 1. The van der Waals surface area contributed by atoms with E-state index in [4.69, 9.17) is 5.11 Å². The van der Waals surface area contributed by atoms with Gasteiger partial charge in [0.25, 0.3) is 0 Å². The minimum atomic E-state index is -1.03. The maximum absolute atomic E-state index is 11.5. The Morgan fingerprint density at radius 3 is 2.43 bits per heavy atom. The standard InChI is InChI=1S/C16H19NO4/c1-9(2)11-4-5-13-12(8-11)10(3)15(16(20)21)17(13)7-6-14(18)19/h4-5,8-9H,6-7H2,1-3H3,(H,18,19)(H,20,21). The summed E-state index contributed by atoms with van der Waals surface area (Å²) >= 11 is 0. The van der Waals surface area contributed by atoms with Gasteiger partial charge in [-0.15, -0.1) is 0 Å². The maximum atomic E-state index is 11.5. The zero-order valence-electron chi connectivity index (χ0n) is 12.4. The molecule has 0 saturated carbocycles. The molecule has 1 heterocycles. The largest absolute Gasteiger partial charge is 0.481 e. The average Bonchev–Trinajstić information content (AvgIpc) is 2.68. The van der Waals surface area contributed by atoms with E-state index >= 15 is 0 Å². The van der Waals surface area contributed by atoms with Gasteiger partial charge in [0.05, 0.1) is 6.42 Å². The van der Waals surface area contributed by atoms with Crippen LogP contribution in [0.4, 0.5) is 0 Å². The van der Waals surface area contributed by atoms with Gasteiger partial charge < -0.3 is 14.8 Å². The van der Waals surface area contributed by atoms with Crippen molar-refractivity contribution in [2.24, 2.45) is 0 Å². The Hall–Kier alpha value is -2.30. The molecule has 1 aromatic heterocycles. The second-order valence-corrected chi connectivity index (χ2v) is 5.51. The number of aliphatic carboxylic acids is 1. The molecule has 0 aliphatic heterocycles. The monoisotopic (exact) mass is 289 g/mol. The lowest BCUT2D eigenvalue weighted by atomic mass is 10.0. The number of hydrogen-bond donors (Lipinski definition) is 2. The first-order valence-corrected chi connectivity index (χ1v) is 6.90. The van der Waals surface area contributed by atoms with E-state index < -0.39 is 11.9 Å². The van der Waals surface area contributed by atoms with E-state index in [1.165, 1.54) is 0 Å². The highest BCUT2D eigenvalue weighted by atomic mass is 16.4. The summed E-state index contributed by atoms with van der Waals surface area (Å²) in [5.74, 6) is -1.62. The summed E-state index contributed by atoms with van der Waals surface area (Å²) in [7, 11) is 0. The molecule has 0 fully saturated rings. The summed E-state index contributed by atoms with van der Waals surface area (Å²) in [5, 5.41) is 19.1. The SMILES string of the molecule is Cc1c(C(=O)O)n(CCC(=O)O)c2ccc(C(C)C)cc12. The smallest absolute Gasteiger partial charge is 0.352 e. The van der Waals surface area contributed by atoms with Crippen molar-refractivity contribution in [3.05, 3.63) is 35.0 Å². The number of aromatic carboxylic acids is 1. The molecular formula is C16H19NO4. The maximum Gasteiger partial charge on any atom is 0.352 e. The van der Waals surface area contributed by atoms with Crippen molar-refractivity contribution >= 4 is 22.8 Å². The van der Waals surface area contributed by atoms with Crippen LogP contribution in [0.3, 0.4) is 0 Å². The van der Waals surface area contributed by atoms with Crippen LogP contribution in [0.25, 0.3) is 10.9 Å². The van der Waals surface area contributed by atoms with E-state index in [0.717, 1.165) is 16.5 Å². The van der Waals surface area contributed by atoms with Gasteiger partial charge in [-0.05, 0) is 36.1 Å². The quantitative estimate of drug-likeness (QED) is 0.885. The van der Waals surface area contributed by atoms with E-state index in [2.05, 4.69) is 13.8 Å². The number of nitrogens with zero attached hydrogens (tertiary/aromatic N) is 1. The zero-order valence-corrected chi connectivity index (χ0v) is 12.4. The summed E-state index contributed by atoms with van der Waals surface area (Å²) in [4.78, 5) is 22.3. The molecule has 21 heavy (non-hydrogen) atoms. The Morgan fingerprint density at radius 1 is 1.24 bits per heavy atom. The van der Waals surface area contributed by atoms with E-state index in [9.17, 15) is 14.7 Å². The predicted molar refractivity (Wildman–Crippen MR) is 80.0 cm³/mol. The minimum Gasteiger partial charge on any atom is -0.481 e. The first-order valence-electron chi connectivity index (χ1n) is 6.90. The predicted octanol–water partition coefficient (Wildman–Crippen LogP) is 3.25. The first kappa shape index (κ1) is 15.1. The second-order valence-electron chi connectivity index (χ2n) is 5.51. The van der Waals surface area contributed by atoms with Crippen molar-refractivity contribution in [2.75, 3.05) is 0 Å². The first-order chi connectivity index (χ1) is 9.82. The van der Waals surface area contributed by atoms with Crippen LogP contribution < -0.4 is 0 Å². The Kier molecular flexibility index (Phi) is 4.02. The molecule has 1 aromatic carbocycles. The summed E-state index contributed by atoms with van der Waals surface area (Å²) < 4.78 is 1.59. The number of hydrogen-bond acceptors (Lipinski definition) is 2. The lowest BCUT2D eigenvalue weighted by molar-refractivity contribution is -0.137. The summed E-state index contributed by atoms with van der Waals surface area (Å²) in [6.07, 6.45) is -0.102. The number of carbonyl (C=O) groups is 2. The van der Waals surface area contributed by atoms with Crippen LogP contribution in [-0.4, -0.2) is 26.7 Å². The molecule has 0 spiro atoms. The molecule has 2 aromatic rings. The molecule has 0 radical (unpaired) electrons. The topological polar surface area (TPSA) is 79.5 Å². The van der Waals surface area contributed by atoms with Gasteiger partial charge in [0, 0.05) is 17.4 Å². The molecule has 112 valence electrons. The third-order valence-corrected chi connectivity index (χ3v) is 3.76. The molecule has 0 atom stereocenters. The van der Waals surface area contributed by atoms with Crippen molar-refractivity contribution in [2.45, 2.75) is 39.7 Å². The fraction of sp³-hybridized carbons (Fsp3) is 0.375. The van der Waals surface area contributed by atoms with Crippen molar-refractivity contribution in [3.63, 3.8) is 0 Å². The van der Waals surface area contributed by atoms with Crippen LogP contribution in [0.15, 0.2) is 18.2 Å². The van der Waals surface area contributed by atoms with Crippen LogP contribution in [0.2, 0.25) is 0 Å². The van der Waals surface area contributed by atoms with Gasteiger partial charge >= 0.3 is 11.9 Å². The molecule has 5 heteroatoms. The third kappa shape index (κ3) is 2.77. The summed E-state index contributed by atoms with van der Waals surface area (Å²) in [5.41, 5.74) is 2.77. The molecule has 0 saturated heterocycles. The number of carboxylic acids is 2. The van der Waals surface area contributed by atoms with Gasteiger partial charge in [-0.1, -0.05) is 19.9 Å². The molecule has 2 rings (SSSR count). The normalized spacial score (nSPS) is 11.2. The fourth-order valence-corrected chi connectivity index (χ4v) is 2.61. The Balaban J connectivity index is 2.66. The zero-order chi connectivity index (χ0) is 15.7. The lowest BCUT2D eigenvalue weighted by Gasteiger charge is -2.08. The van der Waals surface area contributed by atoms with E-state index in [1.807, 2.05) is 18.2 Å². The minimum absolute atomic E-state index is 0.102. The van der Waals surface area contributed by atoms with Crippen LogP contribution >= 0.6 is 0 Å². The Morgan fingerprint density at radius 2 is 1.90 bits per heavy atom. The van der Waals surface area contributed by atoms with Crippen molar-refractivity contribution < 1.29 is 19.8 Å². The third-order valence-electron chi connectivity index (χ3n) is 3.76. The van der Waals surface area contributed by atoms with Gasteiger partial charge in [0.15, 0.2) is 0 Å². The molecule has 0 unspecified atom stereocenters. The number of aryl methyl sites for hydroxylation is 2. The van der Waals surface area contributed by atoms with Gasteiger partial charge in [0.2, 0.25) is 0 Å². The van der Waals surface area contributed by atoms with Crippen molar-refractivity contribution in [1.82, 2.24) is 4.57 Å².